The van der Waals surface area contributed by atoms with E-state index in [1.807, 2.05) is 0 Å². The number of hydrogen-bond acceptors (Lipinski definition) is 6. The fourth-order valence-corrected chi connectivity index (χ4v) is 12.2. The highest BCUT2D eigenvalue weighted by atomic mass is 16.6. The van der Waals surface area contributed by atoms with E-state index in [2.05, 4.69) is 53.4 Å². The number of carbonyl (C=O) groups is 1. The predicted molar refractivity (Wildman–Crippen MR) is 179 cm³/mol. The van der Waals surface area contributed by atoms with Gasteiger partial charge in [-0.25, -0.2) is 0 Å². The van der Waals surface area contributed by atoms with Gasteiger partial charge in [0.25, 0.3) is 0 Å². The Hall–Kier alpha value is -1.57. The first-order valence-corrected chi connectivity index (χ1v) is 16.4. The van der Waals surface area contributed by atoms with Crippen LogP contribution in [0.5, 0.6) is 0 Å². The average Bonchev–Trinajstić information content (AvgIpc) is 3.36. The normalized spacial score (nSPS) is 42.3. The van der Waals surface area contributed by atoms with Crippen molar-refractivity contribution in [2.24, 2.45) is 51.2 Å². The van der Waals surface area contributed by atoms with Gasteiger partial charge in [0.1, 0.15) is 0 Å². The van der Waals surface area contributed by atoms with Crippen LogP contribution in [0.2, 0.25) is 0 Å². The van der Waals surface area contributed by atoms with Crippen LogP contribution < -0.4 is 0 Å². The average molecular weight is 619 g/mol. The second kappa shape index (κ2) is 14.9. The summed E-state index contributed by atoms with van der Waals surface area (Å²) in [5.41, 5.74) is 0.961. The minimum atomic E-state index is -1.11. The van der Waals surface area contributed by atoms with Crippen LogP contribution in [0.4, 0.5) is 0 Å². The number of aliphatic hydroxyl groups is 3. The van der Waals surface area contributed by atoms with E-state index >= 15 is 0 Å². The first kappa shape index (κ1) is 40.5. The van der Waals surface area contributed by atoms with Crippen LogP contribution in [0.15, 0.2) is 0 Å². The summed E-state index contributed by atoms with van der Waals surface area (Å²) in [6.07, 6.45) is 28.6. The molecule has 254 valence electrons. The lowest BCUT2D eigenvalue weighted by atomic mass is 9.46. The van der Waals surface area contributed by atoms with Gasteiger partial charge in [-0.3, -0.25) is 4.79 Å². The van der Waals surface area contributed by atoms with Gasteiger partial charge in [0.2, 0.25) is 0 Å². The summed E-state index contributed by atoms with van der Waals surface area (Å²) in [4.78, 5) is 11.8. The van der Waals surface area contributed by atoms with Gasteiger partial charge in [-0.05, 0) is 123 Å². The molecule has 0 aromatic heterocycles. The number of carbonyl (C=O) groups excluding carboxylic acids is 1. The SMILES string of the molecule is C.C#C.C#C.CC(=O)O[C@@H]([C@H]1CCC2C(CC3[C@@H]4CCC5C(C)(C)CCCC56[C@@H](C)[C@@]46CC[C@]23C)O1)C(C)(C)O.CO.CO. The van der Waals surface area contributed by atoms with Crippen LogP contribution in [0.25, 0.3) is 0 Å². The Bertz CT molecular complexity index is 973. The van der Waals surface area contributed by atoms with Gasteiger partial charge >= 0.3 is 5.97 Å². The minimum Gasteiger partial charge on any atom is -0.457 e. The van der Waals surface area contributed by atoms with E-state index < -0.39 is 11.7 Å². The molecule has 6 rings (SSSR count). The largest absolute Gasteiger partial charge is 0.457 e. The van der Waals surface area contributed by atoms with Gasteiger partial charge < -0.3 is 24.8 Å². The lowest BCUT2D eigenvalue weighted by molar-refractivity contribution is -0.200. The molecule has 11 atom stereocenters. The Morgan fingerprint density at radius 2 is 1.43 bits per heavy atom. The molecule has 6 heteroatoms. The van der Waals surface area contributed by atoms with Gasteiger partial charge in [0.05, 0.1) is 17.8 Å². The van der Waals surface area contributed by atoms with Gasteiger partial charge in [-0.1, -0.05) is 41.5 Å². The molecular formula is C38H66O6. The molecule has 0 aromatic carbocycles. The van der Waals surface area contributed by atoms with Crippen LogP contribution in [0.3, 0.4) is 0 Å². The smallest absolute Gasteiger partial charge is 0.303 e. The molecule has 0 bridgehead atoms. The molecule has 0 aromatic rings. The van der Waals surface area contributed by atoms with Crippen molar-refractivity contribution in [3.05, 3.63) is 0 Å². The zero-order valence-corrected chi connectivity index (χ0v) is 28.6. The number of ether oxygens (including phenoxy) is 2. The van der Waals surface area contributed by atoms with Crippen molar-refractivity contribution in [1.82, 2.24) is 0 Å². The van der Waals surface area contributed by atoms with E-state index in [4.69, 9.17) is 19.7 Å². The molecule has 5 saturated carbocycles. The number of aliphatic hydroxyl groups excluding tert-OH is 2. The summed E-state index contributed by atoms with van der Waals surface area (Å²) >= 11 is 0. The highest BCUT2D eigenvalue weighted by Gasteiger charge is 2.84. The maximum Gasteiger partial charge on any atom is 0.303 e. The molecule has 0 radical (unpaired) electrons. The van der Waals surface area contributed by atoms with Crippen LogP contribution in [-0.4, -0.2) is 59.4 Å². The highest BCUT2D eigenvalue weighted by molar-refractivity contribution is 5.66. The van der Waals surface area contributed by atoms with Crippen molar-refractivity contribution >= 4 is 5.97 Å². The van der Waals surface area contributed by atoms with Crippen molar-refractivity contribution < 1.29 is 29.6 Å². The summed E-state index contributed by atoms with van der Waals surface area (Å²) in [6, 6.07) is 0. The number of terminal acetylenes is 2. The van der Waals surface area contributed by atoms with Crippen molar-refractivity contribution in [1.29, 1.82) is 0 Å². The Morgan fingerprint density at radius 3 is 1.98 bits per heavy atom. The summed E-state index contributed by atoms with van der Waals surface area (Å²) in [5.74, 6) is 3.68. The molecule has 1 heterocycles. The molecule has 6 aliphatic rings. The summed E-state index contributed by atoms with van der Waals surface area (Å²) in [6.45, 7) is 15.3. The standard InChI is InChI=1S/C31H50O4.2C2H2.2CH4O.CH4/c1-18-30-16-15-29(7)21-9-11-23(26(28(5,6)33)34-19(2)32)35-24(21)17-22(29)20(30)10-12-25-27(3,4)13-8-14-31(18,25)30;4*1-2;/h18,20-26,33H,8-17H2,1-7H3;2*1-2H;2*2H,1H3;1H4/t18-,20-,21?,22?,23+,24?,25?,26-,29+,30-,31?;;;;;/m0...../s1. The molecule has 6 fully saturated rings. The monoisotopic (exact) mass is 618 g/mol. The van der Waals surface area contributed by atoms with Crippen molar-refractivity contribution in [3.8, 4) is 25.7 Å². The highest BCUT2D eigenvalue weighted by Crippen LogP contribution is 2.89. The first-order chi connectivity index (χ1) is 20.3. The second-order valence-corrected chi connectivity index (χ2v) is 15.3. The number of hydrogen-bond donors (Lipinski definition) is 3. The lowest BCUT2D eigenvalue weighted by Gasteiger charge is -2.58. The molecule has 3 N–H and O–H groups in total. The van der Waals surface area contributed by atoms with E-state index in [0.29, 0.717) is 27.6 Å². The summed E-state index contributed by atoms with van der Waals surface area (Å²) in [7, 11) is 2.00. The Morgan fingerprint density at radius 1 is 0.864 bits per heavy atom. The molecule has 44 heavy (non-hydrogen) atoms. The molecule has 5 aliphatic carbocycles. The van der Waals surface area contributed by atoms with Crippen LogP contribution in [-0.2, 0) is 14.3 Å². The van der Waals surface area contributed by atoms with Crippen molar-refractivity contribution in [3.63, 3.8) is 0 Å². The zero-order chi connectivity index (χ0) is 33.2. The molecule has 1 aliphatic heterocycles. The third kappa shape index (κ3) is 5.99. The summed E-state index contributed by atoms with van der Waals surface area (Å²) < 4.78 is 12.4. The number of rotatable bonds is 3. The summed E-state index contributed by atoms with van der Waals surface area (Å²) in [5, 5.41) is 24.8. The topological polar surface area (TPSA) is 96.2 Å². The Kier molecular flexibility index (Phi) is 13.7. The lowest BCUT2D eigenvalue weighted by Crippen LogP contribution is -2.53. The van der Waals surface area contributed by atoms with E-state index in [9.17, 15) is 9.90 Å². The second-order valence-electron chi connectivity index (χ2n) is 15.3. The van der Waals surface area contributed by atoms with E-state index in [1.165, 1.54) is 58.3 Å². The Labute approximate surface area is 270 Å². The molecule has 5 unspecified atom stereocenters. The van der Waals surface area contributed by atoms with E-state index in [-0.39, 0.29) is 25.6 Å². The van der Waals surface area contributed by atoms with Gasteiger partial charge in [0.15, 0.2) is 6.10 Å². The molecule has 2 spiro atoms. The Balaban J connectivity index is 0.000000999. The molecule has 6 nitrogen and oxygen atoms in total. The molecule has 1 saturated heterocycles. The maximum atomic E-state index is 11.8. The van der Waals surface area contributed by atoms with Crippen molar-refractivity contribution in [2.75, 3.05) is 14.2 Å². The first-order valence-electron chi connectivity index (χ1n) is 16.4. The fraction of sp³-hybridized carbons (Fsp3) is 0.868. The van der Waals surface area contributed by atoms with E-state index in [1.54, 1.807) is 13.8 Å². The molecular weight excluding hydrogens is 552 g/mol. The van der Waals surface area contributed by atoms with E-state index in [0.717, 1.165) is 50.7 Å². The number of fused-ring (bicyclic) bond motifs is 4. The molecule has 0 amide bonds. The van der Waals surface area contributed by atoms with Crippen molar-refractivity contribution in [2.45, 2.75) is 144 Å². The van der Waals surface area contributed by atoms with Crippen LogP contribution in [0, 0.1) is 76.9 Å². The fourth-order valence-electron chi connectivity index (χ4n) is 12.2. The van der Waals surface area contributed by atoms with Crippen LogP contribution in [0.1, 0.15) is 120 Å². The van der Waals surface area contributed by atoms with Gasteiger partial charge in [-0.2, -0.15) is 0 Å². The number of esters is 1. The van der Waals surface area contributed by atoms with Gasteiger partial charge in [0, 0.05) is 21.1 Å². The third-order valence-electron chi connectivity index (χ3n) is 13.4. The maximum absolute atomic E-state index is 11.8. The van der Waals surface area contributed by atoms with Crippen LogP contribution >= 0.6 is 0 Å². The minimum absolute atomic E-state index is 0. The quantitative estimate of drug-likeness (QED) is 0.236. The third-order valence-corrected chi connectivity index (χ3v) is 13.4. The predicted octanol–water partition coefficient (Wildman–Crippen LogP) is 6.88. The zero-order valence-electron chi connectivity index (χ0n) is 28.6. The van der Waals surface area contributed by atoms with Gasteiger partial charge in [-0.15, -0.1) is 25.7 Å².